The van der Waals surface area contributed by atoms with Crippen LogP contribution in [0.5, 0.6) is 0 Å². The molecule has 0 saturated carbocycles. The molecule has 0 aromatic rings. The van der Waals surface area contributed by atoms with Crippen LogP contribution in [-0.4, -0.2) is 42.5 Å². The van der Waals surface area contributed by atoms with Gasteiger partial charge in [-0.1, -0.05) is 11.8 Å². The van der Waals surface area contributed by atoms with Gasteiger partial charge < -0.3 is 21.1 Å². The normalized spacial score (nSPS) is 24.3. The number of hydrogen-bond acceptors (Lipinski definition) is 6. The van der Waals surface area contributed by atoms with E-state index in [2.05, 4.69) is 4.90 Å². The van der Waals surface area contributed by atoms with Crippen molar-refractivity contribution in [2.24, 2.45) is 11.5 Å². The van der Waals surface area contributed by atoms with Gasteiger partial charge in [0.25, 0.3) is 0 Å². The fourth-order valence-electron chi connectivity index (χ4n) is 1.85. The van der Waals surface area contributed by atoms with Gasteiger partial charge in [0, 0.05) is 23.5 Å². The molecule has 18 heavy (non-hydrogen) atoms. The number of nitrogens with zero attached hydrogens (tertiary/aromatic N) is 1. The summed E-state index contributed by atoms with van der Waals surface area (Å²) in [6.07, 6.45) is 1.81. The predicted octanol–water partition coefficient (Wildman–Crippen LogP) is 0.834. The molecule has 0 aliphatic carbocycles. The predicted molar refractivity (Wildman–Crippen MR) is 75.3 cm³/mol. The number of ether oxygens (including phenoxy) is 1. The molecular weight excluding hydrogens is 248 g/mol. The molecule has 5 nitrogen and oxygen atoms in total. The van der Waals surface area contributed by atoms with Crippen LogP contribution in [0.3, 0.4) is 0 Å². The summed E-state index contributed by atoms with van der Waals surface area (Å²) in [4.78, 5) is 3.87. The Morgan fingerprint density at radius 1 is 1.44 bits per heavy atom. The summed E-state index contributed by atoms with van der Waals surface area (Å²) in [5, 5.41) is 8.02. The van der Waals surface area contributed by atoms with Gasteiger partial charge in [-0.2, -0.15) is 0 Å². The Morgan fingerprint density at radius 3 is 2.56 bits per heavy atom. The Bertz CT molecular complexity index is 416. The third-order valence-corrected chi connectivity index (χ3v) is 4.45. The summed E-state index contributed by atoms with van der Waals surface area (Å²) in [5.74, 6) is 0.670. The summed E-state index contributed by atoms with van der Waals surface area (Å²) in [6, 6.07) is 0. The second-order valence-corrected chi connectivity index (χ2v) is 6.11. The Hall–Kier alpha value is -0.980. The van der Waals surface area contributed by atoms with E-state index in [-0.39, 0.29) is 0 Å². The molecule has 0 aromatic heterocycles. The molecule has 0 bridgehead atoms. The topological polar surface area (TPSA) is 88.4 Å². The Balaban J connectivity index is 2.18. The molecule has 0 atom stereocenters. The van der Waals surface area contributed by atoms with Crippen molar-refractivity contribution in [3.63, 3.8) is 0 Å². The first-order valence-electron chi connectivity index (χ1n) is 6.00. The molecule has 5 N–H and O–H groups in total. The Morgan fingerprint density at radius 2 is 2.06 bits per heavy atom. The monoisotopic (exact) mass is 268 g/mol. The van der Waals surface area contributed by atoms with Gasteiger partial charge in [-0.15, -0.1) is 0 Å². The van der Waals surface area contributed by atoms with E-state index in [4.69, 9.17) is 21.6 Å². The lowest BCUT2D eigenvalue weighted by Gasteiger charge is -2.30. The van der Waals surface area contributed by atoms with Crippen molar-refractivity contribution >= 4 is 17.5 Å². The van der Waals surface area contributed by atoms with Gasteiger partial charge in [0.05, 0.1) is 23.8 Å². The van der Waals surface area contributed by atoms with Crippen LogP contribution in [0.15, 0.2) is 21.7 Å². The number of allylic oxidation sites excluding steroid dienone is 2. The Kier molecular flexibility index (Phi) is 3.70. The average Bonchev–Trinajstić information content (AvgIpc) is 2.71. The van der Waals surface area contributed by atoms with E-state index < -0.39 is 5.54 Å². The van der Waals surface area contributed by atoms with E-state index in [9.17, 15) is 0 Å². The van der Waals surface area contributed by atoms with Crippen molar-refractivity contribution in [3.05, 3.63) is 21.7 Å². The van der Waals surface area contributed by atoms with Crippen LogP contribution in [-0.2, 0) is 4.74 Å². The van der Waals surface area contributed by atoms with Crippen LogP contribution in [0.2, 0.25) is 0 Å². The summed E-state index contributed by atoms with van der Waals surface area (Å²) < 4.78 is 5.30. The zero-order valence-electron chi connectivity index (χ0n) is 10.8. The smallest absolute Gasteiger partial charge is 0.115 e. The minimum absolute atomic E-state index is 0.427. The SMILES string of the molecule is CC(C)(N)C1=CC(=N)/C(=C(\N)N2CCOCC2)S1. The standard InChI is InChI=1S/C12H20N4OS/c1-12(2,15)9-7-8(13)10(18-9)11(14)16-3-5-17-6-4-16/h7,13H,3-6,14-15H2,1-2H3/b11-10-,13-8?. The maximum Gasteiger partial charge on any atom is 0.115 e. The first-order valence-corrected chi connectivity index (χ1v) is 6.81. The number of rotatable bonds is 2. The van der Waals surface area contributed by atoms with Crippen molar-refractivity contribution in [1.29, 1.82) is 5.41 Å². The molecule has 0 aromatic carbocycles. The summed E-state index contributed by atoms with van der Waals surface area (Å²) in [5.41, 5.74) is 12.3. The molecule has 2 rings (SSSR count). The van der Waals surface area contributed by atoms with E-state index in [1.165, 1.54) is 11.8 Å². The molecule has 2 aliphatic rings. The minimum atomic E-state index is -0.427. The van der Waals surface area contributed by atoms with Gasteiger partial charge in [0.15, 0.2) is 0 Å². The highest BCUT2D eigenvalue weighted by molar-refractivity contribution is 8.08. The van der Waals surface area contributed by atoms with Crippen molar-refractivity contribution < 1.29 is 4.74 Å². The van der Waals surface area contributed by atoms with E-state index in [0.29, 0.717) is 24.7 Å². The van der Waals surface area contributed by atoms with E-state index >= 15 is 0 Å². The van der Waals surface area contributed by atoms with Crippen LogP contribution in [0, 0.1) is 5.41 Å². The van der Waals surface area contributed by atoms with Crippen LogP contribution in [0.25, 0.3) is 0 Å². The maximum atomic E-state index is 8.02. The molecule has 0 unspecified atom stereocenters. The van der Waals surface area contributed by atoms with E-state index in [0.717, 1.165) is 22.9 Å². The summed E-state index contributed by atoms with van der Waals surface area (Å²) >= 11 is 1.51. The molecular formula is C12H20N4OS. The van der Waals surface area contributed by atoms with Gasteiger partial charge in [-0.3, -0.25) is 5.41 Å². The van der Waals surface area contributed by atoms with E-state index in [1.54, 1.807) is 0 Å². The number of morpholine rings is 1. The number of thioether (sulfide) groups is 1. The molecule has 0 amide bonds. The van der Waals surface area contributed by atoms with E-state index in [1.807, 2.05) is 19.9 Å². The first kappa shape index (κ1) is 13.5. The van der Waals surface area contributed by atoms with Crippen molar-refractivity contribution in [2.45, 2.75) is 19.4 Å². The van der Waals surface area contributed by atoms with Crippen molar-refractivity contribution in [1.82, 2.24) is 4.90 Å². The third kappa shape index (κ3) is 2.71. The molecule has 6 heteroatoms. The molecule has 2 aliphatic heterocycles. The first-order chi connectivity index (χ1) is 8.39. The molecule has 0 radical (unpaired) electrons. The third-order valence-electron chi connectivity index (χ3n) is 2.95. The highest BCUT2D eigenvalue weighted by atomic mass is 32.2. The number of hydrogen-bond donors (Lipinski definition) is 3. The molecule has 1 fully saturated rings. The lowest BCUT2D eigenvalue weighted by Crippen LogP contribution is -2.39. The zero-order chi connectivity index (χ0) is 13.3. The van der Waals surface area contributed by atoms with Crippen molar-refractivity contribution in [2.75, 3.05) is 26.3 Å². The van der Waals surface area contributed by atoms with Crippen LogP contribution in [0.1, 0.15) is 13.8 Å². The van der Waals surface area contributed by atoms with Gasteiger partial charge in [0.2, 0.25) is 0 Å². The Labute approximate surface area is 112 Å². The second kappa shape index (κ2) is 4.95. The van der Waals surface area contributed by atoms with Gasteiger partial charge in [-0.05, 0) is 19.9 Å². The fourth-order valence-corrected chi connectivity index (χ4v) is 2.91. The lowest BCUT2D eigenvalue weighted by atomic mass is 10.1. The highest BCUT2D eigenvalue weighted by Crippen LogP contribution is 2.40. The van der Waals surface area contributed by atoms with Gasteiger partial charge >= 0.3 is 0 Å². The number of nitrogens with one attached hydrogen (secondary N) is 1. The van der Waals surface area contributed by atoms with Crippen molar-refractivity contribution in [3.8, 4) is 0 Å². The highest BCUT2D eigenvalue weighted by Gasteiger charge is 2.29. The molecule has 1 saturated heterocycles. The second-order valence-electron chi connectivity index (χ2n) is 5.06. The fraction of sp³-hybridized carbons (Fsp3) is 0.583. The average molecular weight is 268 g/mol. The van der Waals surface area contributed by atoms with Crippen LogP contribution in [0.4, 0.5) is 0 Å². The summed E-state index contributed by atoms with van der Waals surface area (Å²) in [6.45, 7) is 6.82. The van der Waals surface area contributed by atoms with Crippen LogP contribution >= 0.6 is 11.8 Å². The van der Waals surface area contributed by atoms with Gasteiger partial charge in [0.1, 0.15) is 5.82 Å². The molecule has 100 valence electrons. The van der Waals surface area contributed by atoms with Crippen LogP contribution < -0.4 is 11.5 Å². The quantitative estimate of drug-likeness (QED) is 0.690. The maximum absolute atomic E-state index is 8.02. The largest absolute Gasteiger partial charge is 0.384 e. The molecule has 0 spiro atoms. The molecule has 2 heterocycles. The zero-order valence-corrected chi connectivity index (χ0v) is 11.6. The minimum Gasteiger partial charge on any atom is -0.384 e. The lowest BCUT2D eigenvalue weighted by molar-refractivity contribution is 0.0530. The summed E-state index contributed by atoms with van der Waals surface area (Å²) in [7, 11) is 0. The van der Waals surface area contributed by atoms with Gasteiger partial charge in [-0.25, -0.2) is 0 Å². The number of nitrogens with two attached hydrogens (primary N) is 2.